The van der Waals surface area contributed by atoms with Crippen LogP contribution in [-0.4, -0.2) is 31.6 Å². The Labute approximate surface area is 123 Å². The van der Waals surface area contributed by atoms with E-state index in [2.05, 4.69) is 50.2 Å². The molecule has 0 aromatic heterocycles. The van der Waals surface area contributed by atoms with Gasteiger partial charge in [0.1, 0.15) is 0 Å². The van der Waals surface area contributed by atoms with Crippen LogP contribution >= 0.6 is 11.6 Å². The molecule has 0 bridgehead atoms. The van der Waals surface area contributed by atoms with Gasteiger partial charge in [-0.05, 0) is 63.6 Å². The molecule has 0 saturated carbocycles. The summed E-state index contributed by atoms with van der Waals surface area (Å²) < 4.78 is 0. The molecule has 0 spiro atoms. The molecule has 0 heterocycles. The average molecular weight is 283 g/mol. The van der Waals surface area contributed by atoms with Gasteiger partial charge in [-0.15, -0.1) is 0 Å². The van der Waals surface area contributed by atoms with Crippen LogP contribution in [-0.2, 0) is 0 Å². The quantitative estimate of drug-likeness (QED) is 0.726. The van der Waals surface area contributed by atoms with Gasteiger partial charge in [0.25, 0.3) is 0 Å². The maximum absolute atomic E-state index is 5.92. The van der Waals surface area contributed by atoms with E-state index in [-0.39, 0.29) is 0 Å². The molecular formula is C16H27ClN2. The monoisotopic (exact) mass is 282 g/mol. The Kier molecular flexibility index (Phi) is 7.44. The molecule has 108 valence electrons. The van der Waals surface area contributed by atoms with E-state index in [1.807, 2.05) is 12.1 Å². The fourth-order valence-electron chi connectivity index (χ4n) is 2.03. The minimum atomic E-state index is 0.433. The van der Waals surface area contributed by atoms with Crippen molar-refractivity contribution in [3.63, 3.8) is 0 Å². The van der Waals surface area contributed by atoms with Gasteiger partial charge in [-0.3, -0.25) is 4.90 Å². The summed E-state index contributed by atoms with van der Waals surface area (Å²) in [5.74, 6) is 0.728. The minimum Gasteiger partial charge on any atom is -0.316 e. The largest absolute Gasteiger partial charge is 0.316 e. The number of rotatable bonds is 8. The Balaban J connectivity index is 2.28. The maximum Gasteiger partial charge on any atom is 0.0406 e. The number of nitrogens with zero attached hydrogens (tertiary/aromatic N) is 1. The van der Waals surface area contributed by atoms with Crippen LogP contribution in [0.15, 0.2) is 24.3 Å². The second-order valence-corrected chi connectivity index (χ2v) is 6.10. The van der Waals surface area contributed by atoms with E-state index in [0.29, 0.717) is 6.04 Å². The highest BCUT2D eigenvalue weighted by Gasteiger charge is 2.10. The lowest BCUT2D eigenvalue weighted by molar-refractivity contribution is 0.257. The molecule has 0 aliphatic rings. The second-order valence-electron chi connectivity index (χ2n) is 5.66. The van der Waals surface area contributed by atoms with Gasteiger partial charge < -0.3 is 5.32 Å². The summed E-state index contributed by atoms with van der Waals surface area (Å²) in [4.78, 5) is 2.39. The third-order valence-corrected chi connectivity index (χ3v) is 3.68. The van der Waals surface area contributed by atoms with Crippen molar-refractivity contribution < 1.29 is 0 Å². The van der Waals surface area contributed by atoms with Crippen LogP contribution in [0.5, 0.6) is 0 Å². The minimum absolute atomic E-state index is 0.433. The molecule has 0 amide bonds. The van der Waals surface area contributed by atoms with Gasteiger partial charge in [0.05, 0.1) is 0 Å². The van der Waals surface area contributed by atoms with Crippen molar-refractivity contribution in [2.45, 2.75) is 33.2 Å². The number of halogens is 1. The first-order chi connectivity index (χ1) is 9.00. The van der Waals surface area contributed by atoms with Gasteiger partial charge in [0, 0.05) is 11.1 Å². The topological polar surface area (TPSA) is 15.3 Å². The first kappa shape index (κ1) is 16.5. The first-order valence-corrected chi connectivity index (χ1v) is 7.55. The molecule has 1 unspecified atom stereocenters. The lowest BCUT2D eigenvalue weighted by Crippen LogP contribution is -2.28. The summed E-state index contributed by atoms with van der Waals surface area (Å²) >= 11 is 5.92. The van der Waals surface area contributed by atoms with Crippen LogP contribution in [0.4, 0.5) is 0 Å². The van der Waals surface area contributed by atoms with Crippen molar-refractivity contribution in [3.8, 4) is 0 Å². The molecule has 19 heavy (non-hydrogen) atoms. The number of benzene rings is 1. The Morgan fingerprint density at radius 3 is 2.37 bits per heavy atom. The van der Waals surface area contributed by atoms with Crippen LogP contribution in [0.25, 0.3) is 0 Å². The summed E-state index contributed by atoms with van der Waals surface area (Å²) in [5, 5.41) is 4.28. The van der Waals surface area contributed by atoms with Crippen molar-refractivity contribution in [1.29, 1.82) is 0 Å². The van der Waals surface area contributed by atoms with Gasteiger partial charge in [-0.1, -0.05) is 37.6 Å². The van der Waals surface area contributed by atoms with Crippen molar-refractivity contribution >= 4 is 11.6 Å². The molecule has 1 N–H and O–H groups in total. The zero-order valence-corrected chi connectivity index (χ0v) is 13.4. The van der Waals surface area contributed by atoms with Gasteiger partial charge >= 0.3 is 0 Å². The number of hydrogen-bond acceptors (Lipinski definition) is 2. The fraction of sp³-hybridized carbons (Fsp3) is 0.625. The van der Waals surface area contributed by atoms with Crippen LogP contribution in [0.3, 0.4) is 0 Å². The second kappa shape index (κ2) is 8.57. The van der Waals surface area contributed by atoms with E-state index in [9.17, 15) is 0 Å². The predicted molar refractivity (Wildman–Crippen MR) is 84.8 cm³/mol. The van der Waals surface area contributed by atoms with Crippen LogP contribution in [0.1, 0.15) is 38.8 Å². The lowest BCUT2D eigenvalue weighted by Gasteiger charge is -2.25. The molecular weight excluding hydrogens is 256 g/mol. The molecule has 0 aliphatic heterocycles. The molecule has 1 aromatic carbocycles. The molecule has 1 atom stereocenters. The van der Waals surface area contributed by atoms with E-state index >= 15 is 0 Å². The van der Waals surface area contributed by atoms with Gasteiger partial charge in [-0.2, -0.15) is 0 Å². The Bertz CT molecular complexity index is 348. The molecule has 2 nitrogen and oxygen atoms in total. The fourth-order valence-corrected chi connectivity index (χ4v) is 2.16. The highest BCUT2D eigenvalue weighted by molar-refractivity contribution is 6.30. The van der Waals surface area contributed by atoms with E-state index < -0.39 is 0 Å². The first-order valence-electron chi connectivity index (χ1n) is 7.17. The normalized spacial score (nSPS) is 13.2. The van der Waals surface area contributed by atoms with Gasteiger partial charge in [0.15, 0.2) is 0 Å². The van der Waals surface area contributed by atoms with Crippen molar-refractivity contribution in [2.24, 2.45) is 5.92 Å². The lowest BCUT2D eigenvalue weighted by atomic mass is 10.1. The third kappa shape index (κ3) is 6.42. The van der Waals surface area contributed by atoms with E-state index in [0.717, 1.165) is 30.6 Å². The Hall–Kier alpha value is -0.570. The molecule has 0 aliphatic carbocycles. The zero-order valence-electron chi connectivity index (χ0n) is 12.6. The summed E-state index contributed by atoms with van der Waals surface area (Å²) in [6.45, 7) is 10.0. The Morgan fingerprint density at radius 2 is 1.79 bits per heavy atom. The molecule has 0 saturated heterocycles. The summed E-state index contributed by atoms with van der Waals surface area (Å²) in [5.41, 5.74) is 1.32. The molecule has 3 heteroatoms. The van der Waals surface area contributed by atoms with Crippen molar-refractivity contribution in [2.75, 3.05) is 26.7 Å². The van der Waals surface area contributed by atoms with Gasteiger partial charge in [0.2, 0.25) is 0 Å². The van der Waals surface area contributed by atoms with Crippen LogP contribution < -0.4 is 5.32 Å². The number of hydrogen-bond donors (Lipinski definition) is 1. The Morgan fingerprint density at radius 1 is 1.16 bits per heavy atom. The maximum atomic E-state index is 5.92. The van der Waals surface area contributed by atoms with E-state index in [1.54, 1.807) is 0 Å². The van der Waals surface area contributed by atoms with E-state index in [4.69, 9.17) is 11.6 Å². The average Bonchev–Trinajstić information content (AvgIpc) is 2.37. The predicted octanol–water partition coefficient (Wildman–Crippen LogP) is 3.97. The summed E-state index contributed by atoms with van der Waals surface area (Å²) in [6, 6.07) is 8.58. The smallest absolute Gasteiger partial charge is 0.0406 e. The van der Waals surface area contributed by atoms with Crippen molar-refractivity contribution in [3.05, 3.63) is 34.9 Å². The zero-order chi connectivity index (χ0) is 14.3. The highest BCUT2D eigenvalue weighted by atomic mass is 35.5. The standard InChI is InChI=1S/C16H27ClN2/c1-13(2)12-18-10-5-11-19(4)14(3)15-6-8-16(17)9-7-15/h6-9,13-14,18H,5,10-12H2,1-4H3. The molecule has 0 radical (unpaired) electrons. The molecule has 0 fully saturated rings. The summed E-state index contributed by atoms with van der Waals surface area (Å²) in [7, 11) is 2.18. The van der Waals surface area contributed by atoms with Crippen LogP contribution in [0.2, 0.25) is 5.02 Å². The summed E-state index contributed by atoms with van der Waals surface area (Å²) in [6.07, 6.45) is 1.18. The molecule has 1 rings (SSSR count). The van der Waals surface area contributed by atoms with Crippen LogP contribution in [0, 0.1) is 5.92 Å². The SMILES string of the molecule is CC(C)CNCCCN(C)C(C)c1ccc(Cl)cc1. The highest BCUT2D eigenvalue weighted by Crippen LogP contribution is 2.20. The van der Waals surface area contributed by atoms with Crippen molar-refractivity contribution in [1.82, 2.24) is 10.2 Å². The van der Waals surface area contributed by atoms with Gasteiger partial charge in [-0.25, -0.2) is 0 Å². The molecule has 1 aromatic rings. The van der Waals surface area contributed by atoms with E-state index in [1.165, 1.54) is 12.0 Å². The number of nitrogens with one attached hydrogen (secondary N) is 1. The third-order valence-electron chi connectivity index (χ3n) is 3.43.